The summed E-state index contributed by atoms with van der Waals surface area (Å²) in [5.74, 6) is 1.23. The van der Waals surface area contributed by atoms with Gasteiger partial charge in [-0.3, -0.25) is 0 Å². The van der Waals surface area contributed by atoms with Crippen molar-refractivity contribution in [2.45, 2.75) is 6.54 Å². The van der Waals surface area contributed by atoms with E-state index >= 15 is 0 Å². The van der Waals surface area contributed by atoms with Crippen molar-refractivity contribution in [2.75, 3.05) is 50.1 Å². The van der Waals surface area contributed by atoms with Crippen LogP contribution in [0.5, 0.6) is 0 Å². The van der Waals surface area contributed by atoms with E-state index in [2.05, 4.69) is 24.8 Å². The smallest absolute Gasteiger partial charge is 0.225 e. The summed E-state index contributed by atoms with van der Waals surface area (Å²) in [6.45, 7) is 3.92. The van der Waals surface area contributed by atoms with Crippen molar-refractivity contribution in [3.63, 3.8) is 0 Å². The summed E-state index contributed by atoms with van der Waals surface area (Å²) in [5.41, 5.74) is 8.22. The Morgan fingerprint density at radius 1 is 1.15 bits per heavy atom. The Kier molecular flexibility index (Phi) is 5.78. The highest BCUT2D eigenvalue weighted by Gasteiger charge is 2.18. The van der Waals surface area contributed by atoms with E-state index in [0.29, 0.717) is 18.5 Å². The predicted octanol–water partition coefficient (Wildman–Crippen LogP) is 1.83. The van der Waals surface area contributed by atoms with Gasteiger partial charge < -0.3 is 20.4 Å². The lowest BCUT2D eigenvalue weighted by molar-refractivity contribution is 0.380. The minimum absolute atomic E-state index is 0.451. The number of aliphatic imine (C=N–C) groups is 1. The van der Waals surface area contributed by atoms with Gasteiger partial charge in [-0.2, -0.15) is 0 Å². The number of benzene rings is 1. The monoisotopic (exact) mass is 373 g/mol. The quantitative estimate of drug-likeness (QED) is 0.651. The molecule has 8 heteroatoms. The molecule has 1 fully saturated rings. The summed E-state index contributed by atoms with van der Waals surface area (Å²) < 4.78 is 0. The molecular weight excluding hydrogens is 350 g/mol. The average molecular weight is 374 g/mol. The fraction of sp³-hybridized carbons (Fsp3) is 0.389. The molecule has 1 aromatic heterocycles. The summed E-state index contributed by atoms with van der Waals surface area (Å²) >= 11 is 5.96. The highest BCUT2D eigenvalue weighted by Crippen LogP contribution is 2.19. The molecule has 0 atom stereocenters. The lowest BCUT2D eigenvalue weighted by atomic mass is 10.2. The van der Waals surface area contributed by atoms with Crippen molar-refractivity contribution in [3.05, 3.63) is 47.2 Å². The fourth-order valence-electron chi connectivity index (χ4n) is 2.80. The number of hydrogen-bond acceptors (Lipinski definition) is 5. The molecule has 1 aromatic carbocycles. The lowest BCUT2D eigenvalue weighted by Gasteiger charge is -2.36. The number of piperazine rings is 1. The Labute approximate surface area is 159 Å². The van der Waals surface area contributed by atoms with Crippen LogP contribution in [0.25, 0.3) is 0 Å². The largest absolute Gasteiger partial charge is 0.370 e. The van der Waals surface area contributed by atoms with Crippen molar-refractivity contribution in [2.24, 2.45) is 10.7 Å². The molecule has 0 amide bonds. The molecule has 0 aliphatic carbocycles. The van der Waals surface area contributed by atoms with Crippen LogP contribution in [-0.4, -0.2) is 61.1 Å². The molecule has 1 aliphatic heterocycles. The average Bonchev–Trinajstić information content (AvgIpc) is 2.67. The first-order valence-corrected chi connectivity index (χ1v) is 8.95. The fourth-order valence-corrected chi connectivity index (χ4v) is 2.92. The van der Waals surface area contributed by atoms with E-state index < -0.39 is 0 Å². The molecule has 138 valence electrons. The highest BCUT2D eigenvalue weighted by molar-refractivity contribution is 6.30. The van der Waals surface area contributed by atoms with Gasteiger partial charge in [0.05, 0.1) is 12.2 Å². The Balaban J connectivity index is 1.56. The van der Waals surface area contributed by atoms with Crippen LogP contribution in [-0.2, 0) is 6.54 Å². The van der Waals surface area contributed by atoms with Crippen LogP contribution in [0.1, 0.15) is 5.69 Å². The van der Waals surface area contributed by atoms with Crippen LogP contribution >= 0.6 is 11.6 Å². The van der Waals surface area contributed by atoms with E-state index in [0.717, 1.165) is 36.9 Å². The minimum atomic E-state index is 0.451. The maximum Gasteiger partial charge on any atom is 0.225 e. The summed E-state index contributed by atoms with van der Waals surface area (Å²) in [5, 5.41) is 0.755. The molecule has 1 aliphatic rings. The van der Waals surface area contributed by atoms with E-state index in [4.69, 9.17) is 17.3 Å². The number of guanidine groups is 1. The van der Waals surface area contributed by atoms with E-state index in [1.165, 1.54) is 5.69 Å². The summed E-state index contributed by atoms with van der Waals surface area (Å²) in [7, 11) is 3.83. The zero-order valence-corrected chi connectivity index (χ0v) is 15.9. The van der Waals surface area contributed by atoms with Crippen molar-refractivity contribution in [1.29, 1.82) is 0 Å². The predicted molar refractivity (Wildman–Crippen MR) is 107 cm³/mol. The normalized spacial score (nSPS) is 15.3. The number of nitrogens with zero attached hydrogens (tertiary/aromatic N) is 6. The Morgan fingerprint density at radius 3 is 2.50 bits per heavy atom. The molecule has 0 spiro atoms. The third-order valence-electron chi connectivity index (χ3n) is 4.30. The molecule has 26 heavy (non-hydrogen) atoms. The maximum absolute atomic E-state index is 6.18. The number of rotatable bonds is 4. The van der Waals surface area contributed by atoms with Crippen LogP contribution in [0.2, 0.25) is 5.02 Å². The van der Waals surface area contributed by atoms with E-state index in [-0.39, 0.29) is 0 Å². The molecule has 7 nitrogen and oxygen atoms in total. The van der Waals surface area contributed by atoms with E-state index in [1.807, 2.05) is 49.3 Å². The second kappa shape index (κ2) is 8.23. The first-order valence-electron chi connectivity index (χ1n) is 8.57. The molecule has 0 saturated carbocycles. The van der Waals surface area contributed by atoms with Crippen molar-refractivity contribution in [1.82, 2.24) is 14.9 Å². The third-order valence-corrected chi connectivity index (χ3v) is 4.55. The molecule has 0 radical (unpaired) electrons. The molecule has 2 heterocycles. The van der Waals surface area contributed by atoms with Crippen LogP contribution in [0.15, 0.2) is 41.5 Å². The molecule has 0 bridgehead atoms. The first-order chi connectivity index (χ1) is 12.5. The van der Waals surface area contributed by atoms with Crippen LogP contribution in [0.4, 0.5) is 11.6 Å². The number of hydrogen-bond donors (Lipinski definition) is 1. The molecule has 1 saturated heterocycles. The molecule has 3 rings (SSSR count). The Bertz CT molecular complexity index is 752. The number of nitrogens with two attached hydrogens (primary N) is 1. The Hall–Kier alpha value is -2.54. The second-order valence-electron chi connectivity index (χ2n) is 6.37. The van der Waals surface area contributed by atoms with Gasteiger partial charge in [-0.1, -0.05) is 11.6 Å². The summed E-state index contributed by atoms with van der Waals surface area (Å²) in [4.78, 5) is 19.5. The minimum Gasteiger partial charge on any atom is -0.370 e. The van der Waals surface area contributed by atoms with Crippen molar-refractivity contribution >= 4 is 29.2 Å². The van der Waals surface area contributed by atoms with Gasteiger partial charge >= 0.3 is 0 Å². The zero-order valence-electron chi connectivity index (χ0n) is 15.1. The van der Waals surface area contributed by atoms with Gasteiger partial charge in [0.15, 0.2) is 5.96 Å². The topological polar surface area (TPSA) is 73.9 Å². The second-order valence-corrected chi connectivity index (χ2v) is 6.80. The highest BCUT2D eigenvalue weighted by atomic mass is 35.5. The van der Waals surface area contributed by atoms with Gasteiger partial charge in [-0.05, 0) is 30.3 Å². The molecule has 2 N–H and O–H groups in total. The summed E-state index contributed by atoms with van der Waals surface area (Å²) in [6.07, 6.45) is 1.74. The number of aromatic nitrogens is 2. The van der Waals surface area contributed by atoms with E-state index in [1.54, 1.807) is 6.20 Å². The van der Waals surface area contributed by atoms with Gasteiger partial charge in [0.1, 0.15) is 0 Å². The van der Waals surface area contributed by atoms with E-state index in [9.17, 15) is 0 Å². The molecule has 0 unspecified atom stereocenters. The van der Waals surface area contributed by atoms with Crippen molar-refractivity contribution in [3.8, 4) is 0 Å². The molecular formula is C18H24ClN7. The third kappa shape index (κ3) is 4.54. The van der Waals surface area contributed by atoms with Crippen LogP contribution in [0.3, 0.4) is 0 Å². The number of halogens is 1. The number of anilines is 2. The van der Waals surface area contributed by atoms with Crippen molar-refractivity contribution < 1.29 is 0 Å². The van der Waals surface area contributed by atoms with Gasteiger partial charge in [-0.25, -0.2) is 15.0 Å². The van der Waals surface area contributed by atoms with Crippen LogP contribution < -0.4 is 15.5 Å². The first kappa shape index (κ1) is 18.3. The standard InChI is InChI=1S/C18H24ClN7/c1-24(2)18-21-8-7-15(23-18)13-22-17(20)26-11-9-25(10-12-26)16-5-3-14(19)4-6-16/h3-8H,9-13H2,1-2H3,(H2,20,22). The lowest BCUT2D eigenvalue weighted by Crippen LogP contribution is -2.51. The van der Waals surface area contributed by atoms with Gasteiger partial charge in [0, 0.05) is 57.2 Å². The SMILES string of the molecule is CN(C)c1nccc(CN=C(N)N2CCN(c3ccc(Cl)cc3)CC2)n1. The maximum atomic E-state index is 6.18. The van der Waals surface area contributed by atoms with Crippen LogP contribution in [0, 0.1) is 0 Å². The molecule has 2 aromatic rings. The zero-order chi connectivity index (χ0) is 18.5. The Morgan fingerprint density at radius 2 is 1.85 bits per heavy atom. The summed E-state index contributed by atoms with van der Waals surface area (Å²) in [6, 6.07) is 9.80. The van der Waals surface area contributed by atoms with Gasteiger partial charge in [0.2, 0.25) is 5.95 Å². The van der Waals surface area contributed by atoms with Gasteiger partial charge in [-0.15, -0.1) is 0 Å². The van der Waals surface area contributed by atoms with Gasteiger partial charge in [0.25, 0.3) is 0 Å².